The fourth-order valence-corrected chi connectivity index (χ4v) is 2.94. The minimum absolute atomic E-state index is 0.00166. The van der Waals surface area contributed by atoms with E-state index in [4.69, 9.17) is 11.6 Å². The number of aromatic amines is 1. The van der Waals surface area contributed by atoms with Gasteiger partial charge in [-0.05, 0) is 0 Å². The Morgan fingerprint density at radius 1 is 1.38 bits per heavy atom. The van der Waals surface area contributed by atoms with Gasteiger partial charge in [-0.2, -0.15) is 0 Å². The molecule has 1 aromatic heterocycles. The highest BCUT2D eigenvalue weighted by Gasteiger charge is 2.24. The second-order valence-corrected chi connectivity index (χ2v) is 6.19. The number of hydrogen-bond donors (Lipinski definition) is 1. The fraction of sp³-hybridized carbons (Fsp3) is 0.500. The molecule has 2 heterocycles. The highest BCUT2D eigenvalue weighted by Crippen LogP contribution is 2.20. The van der Waals surface area contributed by atoms with Crippen molar-refractivity contribution in [2.24, 2.45) is 0 Å². The Hall–Kier alpha value is -1.08. The van der Waals surface area contributed by atoms with E-state index in [0.29, 0.717) is 18.9 Å². The Morgan fingerprint density at radius 2 is 2.00 bits per heavy atom. The molecule has 1 aromatic rings. The van der Waals surface area contributed by atoms with Crippen LogP contribution < -0.4 is 10.5 Å². The fourth-order valence-electron chi connectivity index (χ4n) is 1.52. The molecule has 88 valence electrons. The first-order chi connectivity index (χ1) is 7.49. The van der Waals surface area contributed by atoms with E-state index in [0.717, 1.165) is 0 Å². The Bertz CT molecular complexity index is 540. The molecular formula is C8H10ClN3O3S. The molecule has 0 atom stereocenters. The highest BCUT2D eigenvalue weighted by atomic mass is 35.5. The predicted molar refractivity (Wildman–Crippen MR) is 60.7 cm³/mol. The topological polar surface area (TPSA) is 83.1 Å². The maximum atomic E-state index is 11.2. The van der Waals surface area contributed by atoms with Crippen LogP contribution >= 0.6 is 11.6 Å². The number of aromatic nitrogens is 2. The van der Waals surface area contributed by atoms with Crippen molar-refractivity contribution in [1.29, 1.82) is 0 Å². The van der Waals surface area contributed by atoms with Gasteiger partial charge in [0, 0.05) is 13.1 Å². The zero-order chi connectivity index (χ0) is 11.8. The van der Waals surface area contributed by atoms with Crippen molar-refractivity contribution in [1.82, 2.24) is 9.97 Å². The van der Waals surface area contributed by atoms with Gasteiger partial charge in [0.25, 0.3) is 5.56 Å². The van der Waals surface area contributed by atoms with Crippen LogP contribution in [0.25, 0.3) is 0 Å². The second-order valence-electron chi connectivity index (χ2n) is 3.51. The molecule has 8 heteroatoms. The average Bonchev–Trinajstić information content (AvgIpc) is 2.23. The zero-order valence-corrected chi connectivity index (χ0v) is 9.88. The molecule has 1 saturated heterocycles. The van der Waals surface area contributed by atoms with E-state index < -0.39 is 15.4 Å². The molecule has 16 heavy (non-hydrogen) atoms. The Kier molecular flexibility index (Phi) is 2.90. The van der Waals surface area contributed by atoms with Crippen LogP contribution in [-0.4, -0.2) is 43.0 Å². The number of nitrogens with zero attached hydrogens (tertiary/aromatic N) is 2. The van der Waals surface area contributed by atoms with Gasteiger partial charge in [-0.15, -0.1) is 0 Å². The number of anilines is 1. The molecule has 0 aliphatic carbocycles. The number of nitrogens with one attached hydrogen (secondary N) is 1. The molecule has 0 radical (unpaired) electrons. The van der Waals surface area contributed by atoms with E-state index in [-0.39, 0.29) is 16.5 Å². The lowest BCUT2D eigenvalue weighted by Gasteiger charge is -2.27. The predicted octanol–water partition coefficient (Wildman–Crippen LogP) is -0.342. The highest BCUT2D eigenvalue weighted by molar-refractivity contribution is 7.91. The quantitative estimate of drug-likeness (QED) is 0.749. The van der Waals surface area contributed by atoms with E-state index in [1.165, 1.54) is 6.33 Å². The first-order valence-electron chi connectivity index (χ1n) is 4.68. The maximum Gasteiger partial charge on any atom is 0.271 e. The van der Waals surface area contributed by atoms with Crippen molar-refractivity contribution < 1.29 is 8.42 Å². The molecule has 0 spiro atoms. The van der Waals surface area contributed by atoms with Gasteiger partial charge in [-0.1, -0.05) is 11.6 Å². The van der Waals surface area contributed by atoms with Crippen molar-refractivity contribution >= 4 is 27.3 Å². The summed E-state index contributed by atoms with van der Waals surface area (Å²) in [6.45, 7) is 0.636. The number of rotatable bonds is 1. The van der Waals surface area contributed by atoms with Crippen molar-refractivity contribution in [3.8, 4) is 0 Å². The van der Waals surface area contributed by atoms with Crippen LogP contribution in [0.5, 0.6) is 0 Å². The molecule has 0 bridgehead atoms. The monoisotopic (exact) mass is 263 g/mol. The van der Waals surface area contributed by atoms with Gasteiger partial charge in [0.05, 0.1) is 17.8 Å². The molecule has 2 rings (SSSR count). The largest absolute Gasteiger partial charge is 0.353 e. The van der Waals surface area contributed by atoms with Crippen LogP contribution in [0, 0.1) is 0 Å². The lowest BCUT2D eigenvalue weighted by atomic mass is 10.4. The second kappa shape index (κ2) is 4.06. The molecule has 0 amide bonds. The zero-order valence-electron chi connectivity index (χ0n) is 8.31. The van der Waals surface area contributed by atoms with Crippen molar-refractivity contribution in [2.75, 3.05) is 29.5 Å². The summed E-state index contributed by atoms with van der Waals surface area (Å²) in [5.74, 6) is 0.482. The molecule has 1 fully saturated rings. The molecule has 0 saturated carbocycles. The number of hydrogen-bond acceptors (Lipinski definition) is 5. The Morgan fingerprint density at radius 3 is 2.62 bits per heavy atom. The van der Waals surface area contributed by atoms with Gasteiger partial charge < -0.3 is 9.88 Å². The normalized spacial score (nSPS) is 19.7. The molecule has 0 aromatic carbocycles. The maximum absolute atomic E-state index is 11.2. The minimum atomic E-state index is -2.95. The van der Waals surface area contributed by atoms with Crippen LogP contribution in [-0.2, 0) is 9.84 Å². The molecule has 1 N–H and O–H groups in total. The first-order valence-corrected chi connectivity index (χ1v) is 6.88. The molecule has 1 aliphatic rings. The van der Waals surface area contributed by atoms with Gasteiger partial charge in [0.2, 0.25) is 0 Å². The van der Waals surface area contributed by atoms with Crippen LogP contribution in [0.4, 0.5) is 5.82 Å². The summed E-state index contributed by atoms with van der Waals surface area (Å²) >= 11 is 5.80. The lowest BCUT2D eigenvalue weighted by molar-refractivity contribution is 0.586. The summed E-state index contributed by atoms with van der Waals surface area (Å²) < 4.78 is 22.5. The average molecular weight is 264 g/mol. The smallest absolute Gasteiger partial charge is 0.271 e. The first kappa shape index (κ1) is 11.4. The van der Waals surface area contributed by atoms with Gasteiger partial charge in [-0.25, -0.2) is 13.4 Å². The summed E-state index contributed by atoms with van der Waals surface area (Å²) in [6.07, 6.45) is 1.26. The van der Waals surface area contributed by atoms with Crippen LogP contribution in [0.15, 0.2) is 11.1 Å². The van der Waals surface area contributed by atoms with E-state index in [2.05, 4.69) is 9.97 Å². The lowest BCUT2D eigenvalue weighted by Crippen LogP contribution is -2.41. The van der Waals surface area contributed by atoms with E-state index >= 15 is 0 Å². The van der Waals surface area contributed by atoms with Crippen molar-refractivity contribution in [3.05, 3.63) is 21.7 Å². The third-order valence-electron chi connectivity index (χ3n) is 2.42. The van der Waals surface area contributed by atoms with Crippen LogP contribution in [0.3, 0.4) is 0 Å². The summed E-state index contributed by atoms with van der Waals surface area (Å²) in [6, 6.07) is 0. The third kappa shape index (κ3) is 2.19. The molecule has 1 aliphatic heterocycles. The van der Waals surface area contributed by atoms with Crippen molar-refractivity contribution in [2.45, 2.75) is 0 Å². The van der Waals surface area contributed by atoms with E-state index in [1.807, 2.05) is 0 Å². The Labute approximate surface area is 97.2 Å². The summed E-state index contributed by atoms with van der Waals surface area (Å²) in [4.78, 5) is 19.3. The minimum Gasteiger partial charge on any atom is -0.353 e. The van der Waals surface area contributed by atoms with E-state index in [9.17, 15) is 13.2 Å². The van der Waals surface area contributed by atoms with Gasteiger partial charge in [-0.3, -0.25) is 4.79 Å². The molecular weight excluding hydrogens is 254 g/mol. The van der Waals surface area contributed by atoms with Crippen LogP contribution in [0.2, 0.25) is 5.02 Å². The van der Waals surface area contributed by atoms with Crippen molar-refractivity contribution in [3.63, 3.8) is 0 Å². The Balaban J connectivity index is 2.27. The van der Waals surface area contributed by atoms with Gasteiger partial charge in [0.1, 0.15) is 5.02 Å². The summed E-state index contributed by atoms with van der Waals surface area (Å²) in [7, 11) is -2.95. The summed E-state index contributed by atoms with van der Waals surface area (Å²) in [5.41, 5.74) is -0.417. The van der Waals surface area contributed by atoms with E-state index in [1.54, 1.807) is 4.90 Å². The molecule has 6 nitrogen and oxygen atoms in total. The van der Waals surface area contributed by atoms with Crippen LogP contribution in [0.1, 0.15) is 0 Å². The SMILES string of the molecule is O=c1[nH]cnc(N2CCS(=O)(=O)CC2)c1Cl. The van der Waals surface area contributed by atoms with Gasteiger partial charge >= 0.3 is 0 Å². The van der Waals surface area contributed by atoms with Gasteiger partial charge in [0.15, 0.2) is 15.7 Å². The standard InChI is InChI=1S/C8H10ClN3O3S/c9-6-7(10-5-11-8(6)13)12-1-3-16(14,15)4-2-12/h5H,1-4H2,(H,10,11,13). The summed E-state index contributed by atoms with van der Waals surface area (Å²) in [5, 5.41) is 0.00166. The third-order valence-corrected chi connectivity index (χ3v) is 4.37. The number of H-pyrrole nitrogens is 1. The molecule has 0 unspecified atom stereocenters. The number of sulfone groups is 1. The number of halogens is 1.